The number of carbonyl (C=O) groups excluding carboxylic acids is 1. The Bertz CT molecular complexity index is 974. The number of rotatable bonds is 8. The molecule has 0 fully saturated rings. The van der Waals surface area contributed by atoms with Gasteiger partial charge in [0.2, 0.25) is 5.69 Å². The summed E-state index contributed by atoms with van der Waals surface area (Å²) in [5.41, 5.74) is 0.146. The van der Waals surface area contributed by atoms with Crippen molar-refractivity contribution in [2.75, 3.05) is 19.0 Å². The first-order chi connectivity index (χ1) is 13.6. The number of methoxy groups -OCH3 is 1. The highest BCUT2D eigenvalue weighted by Gasteiger charge is 2.30. The average Bonchev–Trinajstić information content (AvgIpc) is 3.11. The van der Waals surface area contributed by atoms with Crippen molar-refractivity contribution >= 4 is 11.6 Å². The summed E-state index contributed by atoms with van der Waals surface area (Å²) in [7, 11) is 1.56. The molecule has 1 heterocycles. The van der Waals surface area contributed by atoms with E-state index in [0.717, 1.165) is 18.6 Å². The van der Waals surface area contributed by atoms with Gasteiger partial charge in [0.15, 0.2) is 0 Å². The van der Waals surface area contributed by atoms with Crippen molar-refractivity contribution in [2.45, 2.75) is 19.8 Å². The molecule has 0 saturated heterocycles. The summed E-state index contributed by atoms with van der Waals surface area (Å²) < 4.78 is 16.8. The fourth-order valence-electron chi connectivity index (χ4n) is 2.54. The monoisotopic (exact) mass is 384 g/mol. The third-order valence-electron chi connectivity index (χ3n) is 4.07. The Morgan fingerprint density at radius 2 is 1.79 bits per heavy atom. The van der Waals surface area contributed by atoms with E-state index in [4.69, 9.17) is 14.0 Å². The molecule has 0 bridgehead atoms. The molecule has 8 nitrogen and oxygen atoms in total. The number of hydrogen-bond donors (Lipinski definition) is 2. The summed E-state index contributed by atoms with van der Waals surface area (Å²) in [4.78, 5) is 24.7. The van der Waals surface area contributed by atoms with Crippen LogP contribution in [-0.2, 0) is 0 Å². The van der Waals surface area contributed by atoms with Gasteiger partial charge in [0.1, 0.15) is 11.5 Å². The molecule has 2 aromatic carbocycles. The van der Waals surface area contributed by atoms with Gasteiger partial charge in [-0.1, -0.05) is 13.3 Å². The third-order valence-corrected chi connectivity index (χ3v) is 4.07. The standard InChI is InChI=1S/C20H21N3O5/c1-3-4-13-27-17-9-5-14(6-10-17)21-19(24)18-20(25)28-22-23(18)15-7-11-16(26-2)12-8-15/h5-12H,3-4,13H2,1-2H3,(H-,21,22,24,25)/p+1. The molecule has 0 saturated carbocycles. The number of unbranched alkanes of at least 4 members (excludes halogenated alkanes) is 1. The largest absolute Gasteiger partial charge is 0.497 e. The smallest absolute Gasteiger partial charge is 0.441 e. The van der Waals surface area contributed by atoms with Crippen LogP contribution in [0.2, 0.25) is 0 Å². The van der Waals surface area contributed by atoms with E-state index >= 15 is 0 Å². The van der Waals surface area contributed by atoms with Crippen LogP contribution in [0.4, 0.5) is 5.69 Å². The van der Waals surface area contributed by atoms with Gasteiger partial charge in [-0.05, 0) is 52.8 Å². The van der Waals surface area contributed by atoms with E-state index in [1.807, 2.05) is 0 Å². The lowest BCUT2D eigenvalue weighted by molar-refractivity contribution is -0.672. The zero-order valence-electron chi connectivity index (χ0n) is 15.7. The highest BCUT2D eigenvalue weighted by atomic mass is 16.5. The maximum atomic E-state index is 12.6. The lowest BCUT2D eigenvalue weighted by Crippen LogP contribution is -2.42. The van der Waals surface area contributed by atoms with Crippen LogP contribution in [0, 0.1) is 0 Å². The maximum absolute atomic E-state index is 12.6. The van der Waals surface area contributed by atoms with Crippen LogP contribution in [0.15, 0.2) is 57.8 Å². The van der Waals surface area contributed by atoms with Crippen molar-refractivity contribution in [3.63, 3.8) is 0 Å². The van der Waals surface area contributed by atoms with Gasteiger partial charge in [-0.15, -0.1) is 0 Å². The van der Waals surface area contributed by atoms with E-state index in [9.17, 15) is 9.59 Å². The number of carbonyl (C=O) groups is 1. The summed E-state index contributed by atoms with van der Waals surface area (Å²) in [6.07, 6.45) is 2.04. The Morgan fingerprint density at radius 3 is 2.43 bits per heavy atom. The minimum atomic E-state index is -0.771. The number of ether oxygens (including phenoxy) is 2. The number of nitrogens with zero attached hydrogens (tertiary/aromatic N) is 1. The fourth-order valence-corrected chi connectivity index (χ4v) is 2.54. The molecule has 0 aliphatic carbocycles. The zero-order chi connectivity index (χ0) is 19.9. The molecule has 8 heteroatoms. The summed E-state index contributed by atoms with van der Waals surface area (Å²) in [5.74, 6) is 0.786. The number of aromatic amines is 1. The zero-order valence-corrected chi connectivity index (χ0v) is 15.7. The number of amides is 1. The van der Waals surface area contributed by atoms with Crippen molar-refractivity contribution < 1.29 is 23.5 Å². The first-order valence-electron chi connectivity index (χ1n) is 8.94. The SMILES string of the molecule is CCCCOc1ccc(NC(=O)c2c(=O)o[nH][n+]2-c2ccc(OC)cc2)cc1. The van der Waals surface area contributed by atoms with E-state index in [1.165, 1.54) is 4.68 Å². The van der Waals surface area contributed by atoms with Crippen LogP contribution in [0.3, 0.4) is 0 Å². The molecule has 0 atom stereocenters. The summed E-state index contributed by atoms with van der Waals surface area (Å²) in [6.45, 7) is 2.74. The molecule has 0 unspecified atom stereocenters. The summed E-state index contributed by atoms with van der Waals surface area (Å²) in [6, 6.07) is 13.8. The highest BCUT2D eigenvalue weighted by molar-refractivity contribution is 6.01. The number of anilines is 1. The predicted octanol–water partition coefficient (Wildman–Crippen LogP) is 2.68. The Morgan fingerprint density at radius 1 is 1.11 bits per heavy atom. The second kappa shape index (κ2) is 8.90. The van der Waals surface area contributed by atoms with Gasteiger partial charge in [0.25, 0.3) is 0 Å². The summed E-state index contributed by atoms with van der Waals surface area (Å²) >= 11 is 0. The molecule has 28 heavy (non-hydrogen) atoms. The molecule has 0 aliphatic heterocycles. The number of benzene rings is 2. The molecule has 3 rings (SSSR count). The Balaban J connectivity index is 1.76. The molecular formula is C20H22N3O5+. The normalized spacial score (nSPS) is 10.5. The van der Waals surface area contributed by atoms with E-state index in [-0.39, 0.29) is 5.69 Å². The minimum Gasteiger partial charge on any atom is -0.497 e. The highest BCUT2D eigenvalue weighted by Crippen LogP contribution is 2.16. The second-order valence-corrected chi connectivity index (χ2v) is 6.04. The molecule has 1 aromatic heterocycles. The predicted molar refractivity (Wildman–Crippen MR) is 102 cm³/mol. The van der Waals surface area contributed by atoms with Crippen molar-refractivity contribution in [3.05, 3.63) is 64.6 Å². The maximum Gasteiger partial charge on any atom is 0.441 e. The van der Waals surface area contributed by atoms with Crippen LogP contribution in [-0.4, -0.2) is 24.9 Å². The number of H-pyrrole nitrogens is 1. The van der Waals surface area contributed by atoms with E-state index < -0.39 is 11.5 Å². The van der Waals surface area contributed by atoms with Gasteiger partial charge in [0.05, 0.1) is 13.7 Å². The quantitative estimate of drug-likeness (QED) is 0.460. The van der Waals surface area contributed by atoms with Gasteiger partial charge >= 0.3 is 17.2 Å². The molecule has 0 spiro atoms. The number of hydrogen-bond acceptors (Lipinski definition) is 5. The van der Waals surface area contributed by atoms with Crippen LogP contribution in [0.25, 0.3) is 5.69 Å². The van der Waals surface area contributed by atoms with Crippen LogP contribution >= 0.6 is 0 Å². The van der Waals surface area contributed by atoms with Crippen molar-refractivity contribution in [1.29, 1.82) is 0 Å². The molecule has 146 valence electrons. The molecule has 2 N–H and O–H groups in total. The van der Waals surface area contributed by atoms with Crippen LogP contribution in [0.5, 0.6) is 11.5 Å². The average molecular weight is 384 g/mol. The van der Waals surface area contributed by atoms with Gasteiger partial charge in [-0.25, -0.2) is 4.79 Å². The molecule has 1 amide bonds. The minimum absolute atomic E-state index is 0.173. The Hall–Kier alpha value is -3.55. The topological polar surface area (TPSA) is 97.4 Å². The van der Waals surface area contributed by atoms with Crippen LogP contribution < -0.4 is 25.1 Å². The van der Waals surface area contributed by atoms with Crippen molar-refractivity contribution in [3.8, 4) is 17.2 Å². The lowest BCUT2D eigenvalue weighted by Gasteiger charge is -2.06. The molecular weight excluding hydrogens is 362 g/mol. The van der Waals surface area contributed by atoms with Crippen molar-refractivity contribution in [2.24, 2.45) is 0 Å². The Labute approximate surface area is 161 Å². The number of aromatic nitrogens is 2. The van der Waals surface area contributed by atoms with Crippen LogP contribution in [0.1, 0.15) is 30.3 Å². The number of nitrogens with one attached hydrogen (secondary N) is 2. The van der Waals surface area contributed by atoms with E-state index in [0.29, 0.717) is 23.7 Å². The van der Waals surface area contributed by atoms with E-state index in [2.05, 4.69) is 17.5 Å². The second-order valence-electron chi connectivity index (χ2n) is 6.04. The molecule has 0 radical (unpaired) electrons. The lowest BCUT2D eigenvalue weighted by atomic mass is 10.2. The summed E-state index contributed by atoms with van der Waals surface area (Å²) in [5, 5.41) is 5.13. The van der Waals surface area contributed by atoms with Gasteiger partial charge in [-0.3, -0.25) is 9.32 Å². The molecule has 0 aliphatic rings. The molecule has 3 aromatic rings. The van der Waals surface area contributed by atoms with E-state index in [1.54, 1.807) is 55.6 Å². The van der Waals surface area contributed by atoms with Gasteiger partial charge in [-0.2, -0.15) is 0 Å². The van der Waals surface area contributed by atoms with Gasteiger partial charge < -0.3 is 14.8 Å². The Kier molecular flexibility index (Phi) is 6.11. The third kappa shape index (κ3) is 4.40. The van der Waals surface area contributed by atoms with Gasteiger partial charge in [0, 0.05) is 17.8 Å². The fraction of sp³-hybridized carbons (Fsp3) is 0.250. The first kappa shape index (κ1) is 19.2. The van der Waals surface area contributed by atoms with Crippen molar-refractivity contribution in [1.82, 2.24) is 5.27 Å². The first-order valence-corrected chi connectivity index (χ1v) is 8.94.